The molecule has 4 rings (SSSR count). The topological polar surface area (TPSA) is 70.5 Å². The van der Waals surface area contributed by atoms with Crippen molar-refractivity contribution in [2.24, 2.45) is 0 Å². The second-order valence-electron chi connectivity index (χ2n) is 8.84. The smallest absolute Gasteiger partial charge is 0.411 e. The summed E-state index contributed by atoms with van der Waals surface area (Å²) >= 11 is 0. The van der Waals surface area contributed by atoms with Gasteiger partial charge < -0.3 is 20.9 Å². The maximum atomic E-state index is 14.4. The van der Waals surface area contributed by atoms with Gasteiger partial charge in [0.2, 0.25) is 5.41 Å². The van der Waals surface area contributed by atoms with E-state index in [2.05, 4.69) is 13.8 Å². The molecule has 0 heterocycles. The summed E-state index contributed by atoms with van der Waals surface area (Å²) in [6.45, 7) is 4.25. The van der Waals surface area contributed by atoms with Crippen LogP contribution in [0.25, 0.3) is 0 Å². The molecule has 4 N–H and O–H groups in total. The van der Waals surface area contributed by atoms with Gasteiger partial charge in [-0.2, -0.15) is 26.3 Å². The van der Waals surface area contributed by atoms with E-state index in [0.29, 0.717) is 22.9 Å². The fourth-order valence-electron chi connectivity index (χ4n) is 3.87. The maximum absolute atomic E-state index is 14.4. The van der Waals surface area contributed by atoms with Crippen LogP contribution in [-0.4, -0.2) is 12.4 Å². The Morgan fingerprint density at radius 2 is 0.700 bits per heavy atom. The molecular formula is C30H28F6N2O2. The first-order valence-corrected chi connectivity index (χ1v) is 12.2. The highest BCUT2D eigenvalue weighted by molar-refractivity contribution is 5.49. The van der Waals surface area contributed by atoms with Crippen LogP contribution in [0.3, 0.4) is 0 Å². The quantitative estimate of drug-likeness (QED) is 0.182. The van der Waals surface area contributed by atoms with E-state index in [1.54, 1.807) is 24.3 Å². The predicted octanol–water partition coefficient (Wildman–Crippen LogP) is 9.26. The molecule has 0 aliphatic carbocycles. The Hall–Kier alpha value is -4.34. The van der Waals surface area contributed by atoms with Gasteiger partial charge in [0.25, 0.3) is 0 Å². The summed E-state index contributed by atoms with van der Waals surface area (Å²) in [4.78, 5) is 0. The summed E-state index contributed by atoms with van der Waals surface area (Å²) in [5.74, 6) is 0.742. The molecule has 0 bridgehead atoms. The van der Waals surface area contributed by atoms with Crippen LogP contribution in [0.1, 0.15) is 31.4 Å². The third-order valence-corrected chi connectivity index (χ3v) is 5.66. The van der Waals surface area contributed by atoms with E-state index < -0.39 is 28.9 Å². The molecule has 4 aromatic carbocycles. The summed E-state index contributed by atoms with van der Waals surface area (Å²) in [5, 5.41) is 0. The lowest BCUT2D eigenvalue weighted by atomic mass is 9.73. The van der Waals surface area contributed by atoms with Gasteiger partial charge in [-0.1, -0.05) is 44.5 Å². The zero-order valence-electron chi connectivity index (χ0n) is 21.7. The van der Waals surface area contributed by atoms with E-state index in [4.69, 9.17) is 20.9 Å². The summed E-state index contributed by atoms with van der Waals surface area (Å²) in [5.41, 5.74) is 5.81. The summed E-state index contributed by atoms with van der Waals surface area (Å²) in [6, 6.07) is 19.5. The first-order chi connectivity index (χ1) is 18.8. The number of alkyl halides is 6. The Bertz CT molecular complexity index is 1240. The molecule has 4 aromatic rings. The second kappa shape index (κ2) is 12.2. The minimum Gasteiger partial charge on any atom is -0.457 e. The molecule has 0 fully saturated rings. The van der Waals surface area contributed by atoms with Gasteiger partial charge in [-0.3, -0.25) is 0 Å². The highest BCUT2D eigenvalue weighted by Gasteiger charge is 2.72. The molecule has 10 heteroatoms. The van der Waals surface area contributed by atoms with Crippen LogP contribution < -0.4 is 20.9 Å². The van der Waals surface area contributed by atoms with Gasteiger partial charge in [-0.15, -0.1) is 0 Å². The van der Waals surface area contributed by atoms with Crippen LogP contribution in [-0.2, 0) is 5.41 Å². The number of anilines is 2. The van der Waals surface area contributed by atoms with Crippen LogP contribution >= 0.6 is 0 Å². The number of hydrogen-bond donors (Lipinski definition) is 2. The largest absolute Gasteiger partial charge is 0.457 e. The number of benzene rings is 4. The zero-order chi connectivity index (χ0) is 29.6. The lowest BCUT2D eigenvalue weighted by Crippen LogP contribution is -2.54. The van der Waals surface area contributed by atoms with Gasteiger partial charge >= 0.3 is 12.4 Å². The van der Waals surface area contributed by atoms with E-state index in [1.807, 2.05) is 0 Å². The minimum atomic E-state index is -5.72. The zero-order valence-corrected chi connectivity index (χ0v) is 21.7. The fraction of sp³-hybridized carbons (Fsp3) is 0.200. The van der Waals surface area contributed by atoms with Crippen LogP contribution in [0, 0.1) is 0 Å². The molecule has 0 aliphatic rings. The molecule has 0 spiro atoms. The Labute approximate surface area is 228 Å². The normalized spacial score (nSPS) is 11.8. The number of ether oxygens (including phenoxy) is 2. The van der Waals surface area contributed by atoms with E-state index in [0.717, 1.165) is 48.5 Å². The maximum Gasteiger partial charge on any atom is 0.411 e. The van der Waals surface area contributed by atoms with Crippen molar-refractivity contribution >= 4 is 11.4 Å². The average molecular weight is 563 g/mol. The molecule has 0 aliphatic heterocycles. The highest BCUT2D eigenvalue weighted by Crippen LogP contribution is 2.56. The van der Waals surface area contributed by atoms with E-state index >= 15 is 0 Å². The molecule has 0 saturated carbocycles. The highest BCUT2D eigenvalue weighted by atomic mass is 19.4. The molecule has 0 aromatic heterocycles. The third kappa shape index (κ3) is 6.62. The Kier molecular flexibility index (Phi) is 9.24. The lowest BCUT2D eigenvalue weighted by Gasteiger charge is -2.38. The third-order valence-electron chi connectivity index (χ3n) is 5.66. The van der Waals surface area contributed by atoms with E-state index in [-0.39, 0.29) is 11.5 Å². The molecule has 40 heavy (non-hydrogen) atoms. The van der Waals surface area contributed by atoms with Gasteiger partial charge in [0.15, 0.2) is 0 Å². The van der Waals surface area contributed by atoms with Crippen molar-refractivity contribution in [2.75, 3.05) is 11.5 Å². The lowest BCUT2D eigenvalue weighted by molar-refractivity contribution is -0.288. The fourth-order valence-corrected chi connectivity index (χ4v) is 3.87. The molecule has 0 atom stereocenters. The standard InChI is InChI=1S/C27H20F6N2O2.C3H8/c28-26(29,30)25(27(31,32)33,17-1-9-21(10-2-17)36-23-13-5-19(34)6-14-23)18-3-11-22(12-4-18)37-24-15-7-20(35)8-16-24;1-3-2/h1-16H,34-35H2;3H2,1-2H3. The van der Waals surface area contributed by atoms with Crippen LogP contribution in [0.15, 0.2) is 97.1 Å². The average Bonchev–Trinajstić information content (AvgIpc) is 2.88. The van der Waals surface area contributed by atoms with Gasteiger partial charge in [0, 0.05) is 11.4 Å². The van der Waals surface area contributed by atoms with Crippen LogP contribution in [0.2, 0.25) is 0 Å². The van der Waals surface area contributed by atoms with Crippen molar-refractivity contribution in [2.45, 2.75) is 38.0 Å². The van der Waals surface area contributed by atoms with Gasteiger partial charge in [0.1, 0.15) is 23.0 Å². The van der Waals surface area contributed by atoms with Gasteiger partial charge in [-0.05, 0) is 83.9 Å². The Balaban J connectivity index is 0.00000141. The molecule has 0 saturated heterocycles. The van der Waals surface area contributed by atoms with Gasteiger partial charge in [-0.25, -0.2) is 0 Å². The molecule has 0 amide bonds. The number of nitrogens with two attached hydrogens (primary N) is 2. The molecule has 0 unspecified atom stereocenters. The van der Waals surface area contributed by atoms with Crippen molar-refractivity contribution < 1.29 is 35.8 Å². The molecule has 212 valence electrons. The van der Waals surface area contributed by atoms with Crippen LogP contribution in [0.5, 0.6) is 23.0 Å². The van der Waals surface area contributed by atoms with E-state index in [9.17, 15) is 26.3 Å². The van der Waals surface area contributed by atoms with Crippen LogP contribution in [0.4, 0.5) is 37.7 Å². The Morgan fingerprint density at radius 3 is 0.925 bits per heavy atom. The van der Waals surface area contributed by atoms with Crippen molar-refractivity contribution in [3.8, 4) is 23.0 Å². The van der Waals surface area contributed by atoms with Crippen molar-refractivity contribution in [3.05, 3.63) is 108 Å². The molecular weight excluding hydrogens is 534 g/mol. The summed E-state index contributed by atoms with van der Waals surface area (Å²) in [7, 11) is 0. The monoisotopic (exact) mass is 562 g/mol. The number of hydrogen-bond acceptors (Lipinski definition) is 4. The summed E-state index contributed by atoms with van der Waals surface area (Å²) in [6.07, 6.45) is -10.2. The summed E-state index contributed by atoms with van der Waals surface area (Å²) < 4.78 is 97.5. The van der Waals surface area contributed by atoms with Gasteiger partial charge in [0.05, 0.1) is 0 Å². The first kappa shape index (κ1) is 30.2. The van der Waals surface area contributed by atoms with E-state index in [1.165, 1.54) is 30.7 Å². The SMILES string of the molecule is CCC.Nc1ccc(Oc2ccc(C(c3ccc(Oc4ccc(N)cc4)cc3)(C(F)(F)F)C(F)(F)F)cc2)cc1. The Morgan fingerprint density at radius 1 is 0.475 bits per heavy atom. The molecule has 0 radical (unpaired) electrons. The number of rotatable bonds is 6. The first-order valence-electron chi connectivity index (χ1n) is 12.2. The van der Waals surface area contributed by atoms with Crippen molar-refractivity contribution in [1.82, 2.24) is 0 Å². The molecule has 4 nitrogen and oxygen atoms in total. The number of halogens is 6. The number of nitrogen functional groups attached to an aromatic ring is 2. The van der Waals surface area contributed by atoms with Crippen molar-refractivity contribution in [3.63, 3.8) is 0 Å². The van der Waals surface area contributed by atoms with Crippen molar-refractivity contribution in [1.29, 1.82) is 0 Å². The minimum absolute atomic E-state index is 0.0546. The second-order valence-corrected chi connectivity index (χ2v) is 8.84. The predicted molar refractivity (Wildman–Crippen MR) is 144 cm³/mol.